The molecule has 48 heavy (non-hydrogen) atoms. The van der Waals surface area contributed by atoms with Crippen molar-refractivity contribution in [2.75, 3.05) is 27.4 Å². The largest absolute Gasteiger partial charge is 0.507 e. The van der Waals surface area contributed by atoms with Crippen molar-refractivity contribution in [1.82, 2.24) is 0 Å². The maximum atomic E-state index is 10.8. The molecule has 1 atom stereocenters. The molecule has 0 radical (unpaired) electrons. The van der Waals surface area contributed by atoms with Gasteiger partial charge in [-0.15, -0.1) is 0 Å². The van der Waals surface area contributed by atoms with Crippen LogP contribution in [-0.2, 0) is 9.47 Å². The van der Waals surface area contributed by atoms with E-state index in [2.05, 4.69) is 77.0 Å². The van der Waals surface area contributed by atoms with E-state index in [1.54, 1.807) is 18.2 Å². The van der Waals surface area contributed by atoms with Gasteiger partial charge in [-0.2, -0.15) is 0 Å². The summed E-state index contributed by atoms with van der Waals surface area (Å²) in [6.07, 6.45) is 6.30. The molecule has 0 fully saturated rings. The summed E-state index contributed by atoms with van der Waals surface area (Å²) in [5, 5.41) is 9.25. The third-order valence-corrected chi connectivity index (χ3v) is 7.35. The van der Waals surface area contributed by atoms with Gasteiger partial charge in [-0.1, -0.05) is 48.0 Å². The standard InChI is InChI=1S/C12H15IO4.C8H7IO3.C8H10.C5H5N.C4H8O/c1-4-16-8(2)17-12-6-11(15-3)9(7-14)5-10(12)13;1-12-8-3-7(11)6(9)2-5(8)4-10;1-7-3-5-8(2)6-4-7;1-2-4-6-5-3-1;1-3-5-4-2/h5-8H,4H2,1-3H3;2-4,11H,1H3;3-6H,1-2H3;1-5H;3H,1,4H2,2H3/p+1. The molecule has 11 heteroatoms. The predicted octanol–water partition coefficient (Wildman–Crippen LogP) is 8.66. The Labute approximate surface area is 311 Å². The summed E-state index contributed by atoms with van der Waals surface area (Å²) in [5.74, 6) is 1.66. The van der Waals surface area contributed by atoms with E-state index >= 15 is 0 Å². The van der Waals surface area contributed by atoms with Crippen LogP contribution in [0.4, 0.5) is 0 Å². The number of phenols is 1. The third kappa shape index (κ3) is 19.2. The maximum Gasteiger partial charge on any atom is 0.197 e. The number of methoxy groups -OCH3 is 2. The van der Waals surface area contributed by atoms with Gasteiger partial charge in [0.15, 0.2) is 31.3 Å². The second-order valence-electron chi connectivity index (χ2n) is 9.30. The Bertz CT molecular complexity index is 1420. The molecule has 0 saturated carbocycles. The van der Waals surface area contributed by atoms with Crippen LogP contribution in [-0.4, -0.2) is 51.4 Å². The fraction of sp³-hybridized carbons (Fsp3) is 0.270. The van der Waals surface area contributed by atoms with Crippen molar-refractivity contribution in [2.45, 2.75) is 40.9 Å². The van der Waals surface area contributed by atoms with E-state index in [9.17, 15) is 14.7 Å². The molecule has 0 aliphatic rings. The second-order valence-corrected chi connectivity index (χ2v) is 11.6. The van der Waals surface area contributed by atoms with Crippen molar-refractivity contribution in [2.24, 2.45) is 0 Å². The van der Waals surface area contributed by atoms with E-state index in [-0.39, 0.29) is 12.0 Å². The fourth-order valence-electron chi connectivity index (χ4n) is 3.28. The first-order valence-corrected chi connectivity index (χ1v) is 17.0. The fourth-order valence-corrected chi connectivity index (χ4v) is 4.39. The Morgan fingerprint density at radius 3 is 1.65 bits per heavy atom. The van der Waals surface area contributed by atoms with Gasteiger partial charge < -0.3 is 28.8 Å². The maximum absolute atomic E-state index is 10.8. The molecule has 0 amide bonds. The van der Waals surface area contributed by atoms with Crippen LogP contribution in [0.3, 0.4) is 0 Å². The zero-order chi connectivity index (χ0) is 36.3. The number of halogens is 2. The number of H-pyrrole nitrogens is 1. The monoisotopic (exact) mass is 886 g/mol. The molecule has 1 unspecified atom stereocenters. The number of aromatic hydroxyl groups is 1. The Kier molecular flexibility index (Phi) is 25.2. The first kappa shape index (κ1) is 44.3. The molecule has 0 bridgehead atoms. The van der Waals surface area contributed by atoms with Crippen LogP contribution in [0.5, 0.6) is 23.0 Å². The molecular formula is C37H46I2NO8+. The zero-order valence-corrected chi connectivity index (χ0v) is 32.8. The van der Waals surface area contributed by atoms with Crippen LogP contribution in [0.1, 0.15) is 52.6 Å². The van der Waals surface area contributed by atoms with Crippen molar-refractivity contribution >= 4 is 57.8 Å². The number of nitrogens with one attached hydrogen (secondary N) is 1. The van der Waals surface area contributed by atoms with Gasteiger partial charge in [-0.25, -0.2) is 4.98 Å². The summed E-state index contributed by atoms with van der Waals surface area (Å²) in [5.41, 5.74) is 3.61. The number of aromatic nitrogens is 1. The quantitative estimate of drug-likeness (QED) is 0.0729. The number of phenolic OH excluding ortho intramolecular Hbond substituents is 1. The minimum Gasteiger partial charge on any atom is -0.507 e. The lowest BCUT2D eigenvalue weighted by molar-refractivity contribution is -0.377. The van der Waals surface area contributed by atoms with Crippen LogP contribution in [0.25, 0.3) is 0 Å². The number of rotatable bonds is 10. The molecule has 1 aromatic heterocycles. The molecular weight excluding hydrogens is 840 g/mol. The highest BCUT2D eigenvalue weighted by molar-refractivity contribution is 14.1. The summed E-state index contributed by atoms with van der Waals surface area (Å²) in [6, 6.07) is 20.8. The van der Waals surface area contributed by atoms with Gasteiger partial charge in [0, 0.05) is 30.9 Å². The highest BCUT2D eigenvalue weighted by atomic mass is 127. The molecule has 4 aromatic rings. The van der Waals surface area contributed by atoms with Gasteiger partial charge in [0.1, 0.15) is 23.0 Å². The molecule has 3 aromatic carbocycles. The van der Waals surface area contributed by atoms with E-state index in [4.69, 9.17) is 18.9 Å². The lowest BCUT2D eigenvalue weighted by atomic mass is 10.2. The van der Waals surface area contributed by atoms with Crippen LogP contribution >= 0.6 is 45.2 Å². The SMILES string of the molecule is C=COCC.CCOC(C)Oc1cc(OC)c(C=O)cc1I.COc1cc(O)c(I)cc1C=O.Cc1ccc(C)cc1.c1cc[nH+]cc1. The topological polar surface area (TPSA) is 115 Å². The van der Waals surface area contributed by atoms with Crippen LogP contribution < -0.4 is 19.2 Å². The van der Waals surface area contributed by atoms with Gasteiger partial charge in [-0.05, 0) is 91.9 Å². The van der Waals surface area contributed by atoms with Crippen LogP contribution in [0.15, 0.2) is 92.0 Å². The highest BCUT2D eigenvalue weighted by Crippen LogP contribution is 2.30. The first-order valence-electron chi connectivity index (χ1n) is 14.8. The average Bonchev–Trinajstić information content (AvgIpc) is 3.10. The van der Waals surface area contributed by atoms with E-state index in [1.807, 2.05) is 74.0 Å². The molecule has 2 N–H and O–H groups in total. The van der Waals surface area contributed by atoms with Gasteiger partial charge in [0.2, 0.25) is 0 Å². The lowest BCUT2D eigenvalue weighted by Crippen LogP contribution is -2.16. The molecule has 0 aliphatic heterocycles. The van der Waals surface area contributed by atoms with Gasteiger partial charge in [0.05, 0.1) is 45.4 Å². The van der Waals surface area contributed by atoms with Gasteiger partial charge >= 0.3 is 0 Å². The van der Waals surface area contributed by atoms with Crippen molar-refractivity contribution in [1.29, 1.82) is 0 Å². The number of carbonyl (C=O) groups excluding carboxylic acids is 2. The number of benzene rings is 3. The summed E-state index contributed by atoms with van der Waals surface area (Å²) >= 11 is 4.05. The number of aromatic amines is 1. The number of hydrogen-bond acceptors (Lipinski definition) is 8. The normalized spacial score (nSPS) is 9.85. The molecule has 0 saturated heterocycles. The van der Waals surface area contributed by atoms with Crippen molar-refractivity contribution < 1.29 is 43.4 Å². The molecule has 4 rings (SSSR count). The summed E-state index contributed by atoms with van der Waals surface area (Å²) in [7, 11) is 2.97. The minimum absolute atomic E-state index is 0.123. The van der Waals surface area contributed by atoms with Gasteiger partial charge in [0.25, 0.3) is 0 Å². The van der Waals surface area contributed by atoms with E-state index in [1.165, 1.54) is 37.7 Å². The van der Waals surface area contributed by atoms with E-state index < -0.39 is 0 Å². The second kappa shape index (κ2) is 27.3. The number of pyridine rings is 1. The van der Waals surface area contributed by atoms with Crippen molar-refractivity contribution in [3.05, 3.63) is 121 Å². The van der Waals surface area contributed by atoms with E-state index in [0.29, 0.717) is 44.8 Å². The van der Waals surface area contributed by atoms with Crippen molar-refractivity contribution in [3.8, 4) is 23.0 Å². The number of aldehydes is 2. The summed E-state index contributed by atoms with van der Waals surface area (Å²) in [4.78, 5) is 24.2. The Balaban J connectivity index is 0.000000619. The third-order valence-electron chi connectivity index (χ3n) is 5.64. The van der Waals surface area contributed by atoms with Crippen LogP contribution in [0.2, 0.25) is 0 Å². The molecule has 0 spiro atoms. The lowest BCUT2D eigenvalue weighted by Gasteiger charge is -2.16. The molecule has 1 heterocycles. The number of aryl methyl sites for hydroxylation is 2. The van der Waals surface area contributed by atoms with Crippen molar-refractivity contribution in [3.63, 3.8) is 0 Å². The van der Waals surface area contributed by atoms with Gasteiger partial charge in [-0.3, -0.25) is 9.59 Å². The predicted molar refractivity (Wildman–Crippen MR) is 206 cm³/mol. The summed E-state index contributed by atoms with van der Waals surface area (Å²) < 4.78 is 27.0. The average molecular weight is 887 g/mol. The molecule has 9 nitrogen and oxygen atoms in total. The Hall–Kier alpha value is -3.69. The molecule has 260 valence electrons. The zero-order valence-electron chi connectivity index (χ0n) is 28.5. The number of hydrogen-bond donors (Lipinski definition) is 1. The number of ether oxygens (including phenoxy) is 5. The van der Waals surface area contributed by atoms with Crippen LogP contribution in [0, 0.1) is 21.0 Å². The minimum atomic E-state index is -0.333. The highest BCUT2D eigenvalue weighted by Gasteiger charge is 2.12. The molecule has 0 aliphatic carbocycles. The Morgan fingerprint density at radius 1 is 0.792 bits per heavy atom. The first-order chi connectivity index (χ1) is 23.0. The summed E-state index contributed by atoms with van der Waals surface area (Å²) in [6.45, 7) is 14.5. The smallest absolute Gasteiger partial charge is 0.197 e. The van der Waals surface area contributed by atoms with E-state index in [0.717, 1.165) is 16.5 Å². The Morgan fingerprint density at radius 2 is 1.29 bits per heavy atom. The number of carbonyl (C=O) groups is 2.